The van der Waals surface area contributed by atoms with Gasteiger partial charge in [-0.15, -0.1) is 0 Å². The minimum atomic E-state index is -0.365. The van der Waals surface area contributed by atoms with Gasteiger partial charge in [-0.1, -0.05) is 13.8 Å². The number of rotatable bonds is 4. The Morgan fingerprint density at radius 3 is 2.55 bits per heavy atom. The van der Waals surface area contributed by atoms with E-state index in [0.717, 1.165) is 38.6 Å². The zero-order valence-electron chi connectivity index (χ0n) is 13.8. The number of hydrogen-bond donors (Lipinski definition) is 1. The van der Waals surface area contributed by atoms with Gasteiger partial charge < -0.3 is 0 Å². The van der Waals surface area contributed by atoms with Crippen LogP contribution in [0.15, 0.2) is 0 Å². The molecule has 1 heterocycles. The Morgan fingerprint density at radius 2 is 1.95 bits per heavy atom. The Labute approximate surface area is 132 Å². The van der Waals surface area contributed by atoms with E-state index in [1.165, 1.54) is 0 Å². The fourth-order valence-corrected chi connectivity index (χ4v) is 3.57. The predicted molar refractivity (Wildman–Crippen MR) is 84.2 cm³/mol. The van der Waals surface area contributed by atoms with Crippen LogP contribution in [0.2, 0.25) is 0 Å². The van der Waals surface area contributed by atoms with E-state index >= 15 is 0 Å². The van der Waals surface area contributed by atoms with Gasteiger partial charge in [0.1, 0.15) is 5.78 Å². The Morgan fingerprint density at radius 1 is 1.27 bits per heavy atom. The molecule has 0 aromatic carbocycles. The third kappa shape index (κ3) is 4.38. The summed E-state index contributed by atoms with van der Waals surface area (Å²) in [6, 6.07) is -0.365. The monoisotopic (exact) mass is 308 g/mol. The second-order valence-corrected chi connectivity index (χ2v) is 6.85. The van der Waals surface area contributed by atoms with Crippen molar-refractivity contribution in [1.29, 1.82) is 0 Å². The Bertz CT molecular complexity index is 428. The lowest BCUT2D eigenvalue weighted by molar-refractivity contribution is -0.137. The highest BCUT2D eigenvalue weighted by molar-refractivity contribution is 5.99. The van der Waals surface area contributed by atoms with Crippen molar-refractivity contribution in [2.75, 3.05) is 13.1 Å². The fraction of sp³-hybridized carbons (Fsp3) is 0.824. The SMILES string of the molecule is CC[C@@H](C(=O)NC(=O)[C@H]1CC[C@@H](C)CC1)N1CCCC(=O)C1. The number of hydrogen-bond acceptors (Lipinski definition) is 4. The van der Waals surface area contributed by atoms with E-state index in [0.29, 0.717) is 25.3 Å². The van der Waals surface area contributed by atoms with Crippen LogP contribution in [0.4, 0.5) is 0 Å². The first-order valence-corrected chi connectivity index (χ1v) is 8.61. The van der Waals surface area contributed by atoms with Crippen LogP contribution in [-0.2, 0) is 14.4 Å². The van der Waals surface area contributed by atoms with Crippen LogP contribution >= 0.6 is 0 Å². The van der Waals surface area contributed by atoms with E-state index in [-0.39, 0.29) is 29.6 Å². The maximum atomic E-state index is 12.4. The second-order valence-electron chi connectivity index (χ2n) is 6.85. The molecule has 22 heavy (non-hydrogen) atoms. The molecule has 2 aliphatic rings. The normalized spacial score (nSPS) is 28.2. The third-order valence-corrected chi connectivity index (χ3v) is 5.04. The molecule has 0 spiro atoms. The molecule has 0 aromatic rings. The molecule has 1 aliphatic carbocycles. The lowest BCUT2D eigenvalue weighted by atomic mass is 9.82. The lowest BCUT2D eigenvalue weighted by Crippen LogP contribution is -2.52. The molecule has 0 aromatic heterocycles. The number of imide groups is 1. The zero-order chi connectivity index (χ0) is 16.1. The van der Waals surface area contributed by atoms with Crippen molar-refractivity contribution in [1.82, 2.24) is 10.2 Å². The molecule has 5 nitrogen and oxygen atoms in total. The molecule has 0 unspecified atom stereocenters. The average molecular weight is 308 g/mol. The predicted octanol–water partition coefficient (Wildman–Crippen LogP) is 1.90. The summed E-state index contributed by atoms with van der Waals surface area (Å²) >= 11 is 0. The summed E-state index contributed by atoms with van der Waals surface area (Å²) in [5, 5.41) is 2.60. The first kappa shape index (κ1) is 17.1. The van der Waals surface area contributed by atoms with E-state index in [4.69, 9.17) is 0 Å². The van der Waals surface area contributed by atoms with Crippen LogP contribution in [-0.4, -0.2) is 41.6 Å². The highest BCUT2D eigenvalue weighted by atomic mass is 16.2. The largest absolute Gasteiger partial charge is 0.298 e. The van der Waals surface area contributed by atoms with Crippen LogP contribution in [0, 0.1) is 11.8 Å². The summed E-state index contributed by atoms with van der Waals surface area (Å²) in [5.41, 5.74) is 0. The number of likely N-dealkylation sites (tertiary alicyclic amines) is 1. The van der Waals surface area contributed by atoms with Gasteiger partial charge in [-0.05, 0) is 51.0 Å². The molecule has 5 heteroatoms. The number of Topliss-reactive ketones (excluding diaryl/α,β-unsaturated/α-hetero) is 1. The summed E-state index contributed by atoms with van der Waals surface area (Å²) in [4.78, 5) is 38.2. The topological polar surface area (TPSA) is 66.5 Å². The quantitative estimate of drug-likeness (QED) is 0.861. The molecule has 1 aliphatic heterocycles. The van der Waals surface area contributed by atoms with E-state index in [2.05, 4.69) is 12.2 Å². The van der Waals surface area contributed by atoms with Crippen LogP contribution in [0.5, 0.6) is 0 Å². The van der Waals surface area contributed by atoms with Crippen molar-refractivity contribution in [3.63, 3.8) is 0 Å². The summed E-state index contributed by atoms with van der Waals surface area (Å²) < 4.78 is 0. The molecule has 2 amide bonds. The number of ketones is 1. The van der Waals surface area contributed by atoms with E-state index in [1.807, 2.05) is 11.8 Å². The minimum Gasteiger partial charge on any atom is -0.298 e. The van der Waals surface area contributed by atoms with Crippen LogP contribution in [0.3, 0.4) is 0 Å². The standard InChI is InChI=1S/C17H28N2O3/c1-3-15(19-10-4-5-14(20)11-19)17(22)18-16(21)13-8-6-12(2)7-9-13/h12-13,15H,3-11H2,1-2H3,(H,18,21,22)/t12-,13+,15-/m0/s1. The Hall–Kier alpha value is -1.23. The summed E-state index contributed by atoms with van der Waals surface area (Å²) in [6.07, 6.45) is 5.89. The van der Waals surface area contributed by atoms with Crippen molar-refractivity contribution in [3.8, 4) is 0 Å². The number of nitrogens with zero attached hydrogens (tertiary/aromatic N) is 1. The highest BCUT2D eigenvalue weighted by Crippen LogP contribution is 2.28. The second kappa shape index (κ2) is 7.86. The summed E-state index contributed by atoms with van der Waals surface area (Å²) in [5.74, 6) is 0.479. The smallest absolute Gasteiger partial charge is 0.243 e. The zero-order valence-corrected chi connectivity index (χ0v) is 13.8. The molecule has 124 valence electrons. The number of nitrogens with one attached hydrogen (secondary N) is 1. The van der Waals surface area contributed by atoms with Crippen molar-refractivity contribution in [3.05, 3.63) is 0 Å². The van der Waals surface area contributed by atoms with Crippen LogP contribution in [0.25, 0.3) is 0 Å². The molecule has 2 rings (SSSR count). The maximum absolute atomic E-state index is 12.4. The highest BCUT2D eigenvalue weighted by Gasteiger charge is 2.31. The van der Waals surface area contributed by atoms with Crippen molar-refractivity contribution in [2.45, 2.75) is 64.8 Å². The number of carbonyl (C=O) groups excluding carboxylic acids is 3. The minimum absolute atomic E-state index is 0.0272. The van der Waals surface area contributed by atoms with Gasteiger partial charge in [-0.2, -0.15) is 0 Å². The number of carbonyl (C=O) groups is 3. The lowest BCUT2D eigenvalue weighted by Gasteiger charge is -2.32. The van der Waals surface area contributed by atoms with Crippen molar-refractivity contribution in [2.24, 2.45) is 11.8 Å². The summed E-state index contributed by atoms with van der Waals surface area (Å²) in [6.45, 7) is 5.23. The first-order valence-electron chi connectivity index (χ1n) is 8.61. The molecular weight excluding hydrogens is 280 g/mol. The molecular formula is C17H28N2O3. The molecule has 2 fully saturated rings. The maximum Gasteiger partial charge on any atom is 0.243 e. The van der Waals surface area contributed by atoms with Gasteiger partial charge in [0.05, 0.1) is 12.6 Å². The number of amides is 2. The van der Waals surface area contributed by atoms with Gasteiger partial charge in [0, 0.05) is 12.3 Å². The van der Waals surface area contributed by atoms with E-state index in [9.17, 15) is 14.4 Å². The van der Waals surface area contributed by atoms with E-state index < -0.39 is 0 Å². The van der Waals surface area contributed by atoms with Crippen LogP contribution < -0.4 is 5.32 Å². The van der Waals surface area contributed by atoms with Crippen LogP contribution in [0.1, 0.15) is 58.8 Å². The van der Waals surface area contributed by atoms with Gasteiger partial charge in [0.2, 0.25) is 11.8 Å². The molecule has 0 radical (unpaired) electrons. The molecule has 1 saturated carbocycles. The van der Waals surface area contributed by atoms with Gasteiger partial charge in [-0.3, -0.25) is 24.6 Å². The summed E-state index contributed by atoms with van der Waals surface area (Å²) in [7, 11) is 0. The first-order chi connectivity index (χ1) is 10.5. The van der Waals surface area contributed by atoms with Gasteiger partial charge in [0.25, 0.3) is 0 Å². The molecule has 1 N–H and O–H groups in total. The van der Waals surface area contributed by atoms with E-state index in [1.54, 1.807) is 0 Å². The van der Waals surface area contributed by atoms with Gasteiger partial charge in [-0.25, -0.2) is 0 Å². The Kier molecular flexibility index (Phi) is 6.12. The van der Waals surface area contributed by atoms with Gasteiger partial charge in [0.15, 0.2) is 0 Å². The van der Waals surface area contributed by atoms with Crippen molar-refractivity contribution >= 4 is 17.6 Å². The number of piperidine rings is 1. The molecule has 1 saturated heterocycles. The Balaban J connectivity index is 1.88. The van der Waals surface area contributed by atoms with Gasteiger partial charge >= 0.3 is 0 Å². The fourth-order valence-electron chi connectivity index (χ4n) is 3.57. The third-order valence-electron chi connectivity index (χ3n) is 5.04. The molecule has 1 atom stereocenters. The van der Waals surface area contributed by atoms with Crippen molar-refractivity contribution < 1.29 is 14.4 Å². The molecule has 0 bridgehead atoms. The average Bonchev–Trinajstić information content (AvgIpc) is 2.48.